The van der Waals surface area contributed by atoms with Crippen molar-refractivity contribution in [2.75, 3.05) is 26.2 Å². The van der Waals surface area contributed by atoms with E-state index in [4.69, 9.17) is 5.11 Å². The highest BCUT2D eigenvalue weighted by atomic mass is 19.4. The molecule has 0 spiro atoms. The Kier molecular flexibility index (Phi) is 4.88. The molecule has 0 aromatic heterocycles. The molecule has 1 rings (SSSR count). The van der Waals surface area contributed by atoms with Crippen molar-refractivity contribution in [1.82, 2.24) is 9.80 Å². The third-order valence-corrected chi connectivity index (χ3v) is 3.51. The third-order valence-electron chi connectivity index (χ3n) is 3.51. The maximum absolute atomic E-state index is 12.4. The molecule has 0 aromatic carbocycles. The van der Waals surface area contributed by atoms with Gasteiger partial charge < -0.3 is 14.9 Å². The minimum atomic E-state index is -4.46. The number of carbonyl (C=O) groups is 2. The smallest absolute Gasteiger partial charge is 0.406 e. The number of carbonyl (C=O) groups excluding carboxylic acids is 1. The monoisotopic (exact) mass is 296 g/mol. The van der Waals surface area contributed by atoms with Crippen molar-refractivity contribution in [1.29, 1.82) is 0 Å². The van der Waals surface area contributed by atoms with Crippen LogP contribution in [-0.2, 0) is 4.79 Å². The second-order valence-electron chi connectivity index (χ2n) is 5.30. The topological polar surface area (TPSA) is 60.9 Å². The number of rotatable bonds is 3. The van der Waals surface area contributed by atoms with Crippen LogP contribution in [0.2, 0.25) is 0 Å². The number of aliphatic carboxylic acids is 1. The van der Waals surface area contributed by atoms with Crippen molar-refractivity contribution in [2.24, 2.45) is 5.41 Å². The summed E-state index contributed by atoms with van der Waals surface area (Å²) in [6.45, 7) is 1.81. The molecule has 8 heteroatoms. The minimum Gasteiger partial charge on any atom is -0.481 e. The second-order valence-corrected chi connectivity index (χ2v) is 5.30. The summed E-state index contributed by atoms with van der Waals surface area (Å²) in [7, 11) is 0. The van der Waals surface area contributed by atoms with Crippen molar-refractivity contribution in [3.8, 4) is 0 Å². The Morgan fingerprint density at radius 2 is 2.00 bits per heavy atom. The molecule has 5 nitrogen and oxygen atoms in total. The van der Waals surface area contributed by atoms with Gasteiger partial charge in [0, 0.05) is 19.6 Å². The molecule has 1 heterocycles. The molecule has 1 atom stereocenters. The molecule has 116 valence electrons. The van der Waals surface area contributed by atoms with Crippen molar-refractivity contribution >= 4 is 12.0 Å². The summed E-state index contributed by atoms with van der Waals surface area (Å²) in [6.07, 6.45) is -3.58. The van der Waals surface area contributed by atoms with Crippen molar-refractivity contribution in [3.05, 3.63) is 0 Å². The van der Waals surface area contributed by atoms with E-state index in [1.54, 1.807) is 0 Å². The van der Waals surface area contributed by atoms with Gasteiger partial charge in [0.2, 0.25) is 0 Å². The molecule has 0 bridgehead atoms. The molecule has 0 aliphatic carbocycles. The summed E-state index contributed by atoms with van der Waals surface area (Å²) >= 11 is 0. The fourth-order valence-electron chi connectivity index (χ4n) is 2.31. The fourth-order valence-corrected chi connectivity index (χ4v) is 2.31. The van der Waals surface area contributed by atoms with Gasteiger partial charge in [-0.2, -0.15) is 13.2 Å². The molecule has 1 aliphatic rings. The maximum Gasteiger partial charge on any atom is 0.406 e. The lowest BCUT2D eigenvalue weighted by Crippen LogP contribution is -2.53. The van der Waals surface area contributed by atoms with Crippen LogP contribution in [0.15, 0.2) is 0 Å². The molecular weight excluding hydrogens is 277 g/mol. The van der Waals surface area contributed by atoms with E-state index >= 15 is 0 Å². The van der Waals surface area contributed by atoms with Crippen molar-refractivity contribution in [2.45, 2.75) is 32.9 Å². The number of carboxylic acids is 1. The minimum absolute atomic E-state index is 0.0600. The Morgan fingerprint density at radius 1 is 1.40 bits per heavy atom. The van der Waals surface area contributed by atoms with Gasteiger partial charge in [-0.25, -0.2) is 4.79 Å². The first-order chi connectivity index (χ1) is 9.09. The van der Waals surface area contributed by atoms with Gasteiger partial charge >= 0.3 is 18.2 Å². The Hall–Kier alpha value is -1.47. The van der Waals surface area contributed by atoms with Crippen LogP contribution < -0.4 is 0 Å². The predicted molar refractivity (Wildman–Crippen MR) is 65.2 cm³/mol. The lowest BCUT2D eigenvalue weighted by molar-refractivity contribution is -0.151. The number of carboxylic acid groups (broad SMARTS) is 1. The van der Waals surface area contributed by atoms with Crippen LogP contribution in [0.5, 0.6) is 0 Å². The molecule has 0 saturated carbocycles. The summed E-state index contributed by atoms with van der Waals surface area (Å²) < 4.78 is 37.2. The van der Waals surface area contributed by atoms with E-state index in [1.807, 2.05) is 0 Å². The lowest BCUT2D eigenvalue weighted by Gasteiger charge is -2.39. The van der Waals surface area contributed by atoms with Gasteiger partial charge in [-0.15, -0.1) is 0 Å². The predicted octanol–water partition coefficient (Wildman–Crippen LogP) is 2.18. The van der Waals surface area contributed by atoms with Crippen LogP contribution in [-0.4, -0.2) is 59.3 Å². The van der Waals surface area contributed by atoms with E-state index in [0.29, 0.717) is 17.7 Å². The molecule has 0 radical (unpaired) electrons. The van der Waals surface area contributed by atoms with Crippen LogP contribution in [0, 0.1) is 5.41 Å². The number of urea groups is 1. The van der Waals surface area contributed by atoms with Crippen molar-refractivity contribution in [3.63, 3.8) is 0 Å². The molecule has 1 fully saturated rings. The lowest BCUT2D eigenvalue weighted by atomic mass is 9.82. The first-order valence-corrected chi connectivity index (χ1v) is 6.43. The van der Waals surface area contributed by atoms with Gasteiger partial charge in [-0.3, -0.25) is 4.79 Å². The molecule has 1 aliphatic heterocycles. The number of piperidine rings is 1. The Morgan fingerprint density at radius 3 is 2.45 bits per heavy atom. The van der Waals surface area contributed by atoms with E-state index in [-0.39, 0.29) is 19.6 Å². The molecular formula is C12H19F3N2O3. The highest BCUT2D eigenvalue weighted by Gasteiger charge is 2.41. The summed E-state index contributed by atoms with van der Waals surface area (Å²) in [5, 5.41) is 9.15. The number of likely N-dealkylation sites (tertiary alicyclic amines) is 1. The van der Waals surface area contributed by atoms with Gasteiger partial charge in [0.15, 0.2) is 0 Å². The second kappa shape index (κ2) is 5.88. The van der Waals surface area contributed by atoms with E-state index < -0.39 is 30.1 Å². The molecule has 2 amide bonds. The van der Waals surface area contributed by atoms with Crippen LogP contribution in [0.25, 0.3) is 0 Å². The van der Waals surface area contributed by atoms with Gasteiger partial charge in [0.05, 0.1) is 5.41 Å². The Bertz CT molecular complexity index is 387. The van der Waals surface area contributed by atoms with Crippen molar-refractivity contribution < 1.29 is 27.9 Å². The van der Waals surface area contributed by atoms with E-state index in [0.717, 1.165) is 0 Å². The van der Waals surface area contributed by atoms with Crippen LogP contribution >= 0.6 is 0 Å². The van der Waals surface area contributed by atoms with Gasteiger partial charge in [-0.1, -0.05) is 0 Å². The normalized spacial score (nSPS) is 23.6. The van der Waals surface area contributed by atoms with E-state index in [2.05, 4.69) is 0 Å². The average Bonchev–Trinajstić information content (AvgIpc) is 2.34. The third kappa shape index (κ3) is 4.01. The molecule has 1 saturated heterocycles. The number of hydrogen-bond donors (Lipinski definition) is 1. The maximum atomic E-state index is 12.4. The van der Waals surface area contributed by atoms with E-state index in [9.17, 15) is 22.8 Å². The molecule has 1 unspecified atom stereocenters. The standard InChI is InChI=1S/C12H19F3N2O3/c1-3-16(8-12(13,14)15)10(20)17-6-4-5-11(2,7-17)9(18)19/h3-8H2,1-2H3,(H,18,19). The summed E-state index contributed by atoms with van der Waals surface area (Å²) in [5.41, 5.74) is -1.09. The van der Waals surface area contributed by atoms with Crippen LogP contribution in [0.4, 0.5) is 18.0 Å². The summed E-state index contributed by atoms with van der Waals surface area (Å²) in [6, 6.07) is -0.753. The number of nitrogens with zero attached hydrogens (tertiary/aromatic N) is 2. The summed E-state index contributed by atoms with van der Waals surface area (Å²) in [4.78, 5) is 25.1. The first-order valence-electron chi connectivity index (χ1n) is 6.43. The highest BCUT2D eigenvalue weighted by Crippen LogP contribution is 2.30. The SMILES string of the molecule is CCN(CC(F)(F)F)C(=O)N1CCCC(C)(C(=O)O)C1. The number of amides is 2. The van der Waals surface area contributed by atoms with Crippen LogP contribution in [0.3, 0.4) is 0 Å². The van der Waals surface area contributed by atoms with Gasteiger partial charge in [-0.05, 0) is 26.7 Å². The zero-order valence-electron chi connectivity index (χ0n) is 11.5. The number of hydrogen-bond acceptors (Lipinski definition) is 2. The molecule has 20 heavy (non-hydrogen) atoms. The van der Waals surface area contributed by atoms with E-state index in [1.165, 1.54) is 18.7 Å². The molecule has 1 N–H and O–H groups in total. The quantitative estimate of drug-likeness (QED) is 0.868. The van der Waals surface area contributed by atoms with Crippen LogP contribution in [0.1, 0.15) is 26.7 Å². The van der Waals surface area contributed by atoms with Gasteiger partial charge in [0.25, 0.3) is 0 Å². The Labute approximate surface area is 115 Å². The molecule has 0 aromatic rings. The zero-order chi connectivity index (χ0) is 15.6. The van der Waals surface area contributed by atoms with Gasteiger partial charge in [0.1, 0.15) is 6.54 Å². The first kappa shape index (κ1) is 16.6. The number of halogens is 3. The zero-order valence-corrected chi connectivity index (χ0v) is 11.5. The number of alkyl halides is 3. The highest BCUT2D eigenvalue weighted by molar-refractivity contribution is 5.78. The largest absolute Gasteiger partial charge is 0.481 e. The summed E-state index contributed by atoms with van der Waals surface area (Å²) in [5.74, 6) is -1.03. The average molecular weight is 296 g/mol. The fraction of sp³-hybridized carbons (Fsp3) is 0.833. The Balaban J connectivity index is 2.77.